The minimum atomic E-state index is 0.616. The Hall–Kier alpha value is -3.32. The highest BCUT2D eigenvalue weighted by Gasteiger charge is 2.12. The lowest BCUT2D eigenvalue weighted by molar-refractivity contribution is 0.356. The second-order valence-corrected chi connectivity index (χ2v) is 7.34. The van der Waals surface area contributed by atoms with Gasteiger partial charge < -0.3 is 24.4 Å². The molecule has 0 fully saturated rings. The Morgan fingerprint density at radius 2 is 1.61 bits per heavy atom. The van der Waals surface area contributed by atoms with Gasteiger partial charge in [-0.2, -0.15) is 0 Å². The lowest BCUT2D eigenvalue weighted by atomic mass is 10.2. The van der Waals surface area contributed by atoms with Crippen LogP contribution in [0, 0.1) is 0 Å². The quantitative estimate of drug-likeness (QED) is 0.491. The van der Waals surface area contributed by atoms with Gasteiger partial charge >= 0.3 is 0 Å². The van der Waals surface area contributed by atoms with Crippen LogP contribution in [0.1, 0.15) is 17.8 Å². The van der Waals surface area contributed by atoms with Crippen LogP contribution in [-0.4, -0.2) is 63.4 Å². The predicted octanol–water partition coefficient (Wildman–Crippen LogP) is 4.19. The minimum Gasteiger partial charge on any atom is -0.497 e. The zero-order chi connectivity index (χ0) is 22.2. The third-order valence-electron chi connectivity index (χ3n) is 4.83. The van der Waals surface area contributed by atoms with E-state index in [4.69, 9.17) is 24.2 Å². The maximum Gasteiger partial charge on any atom is 0.162 e. The molecule has 0 unspecified atom stereocenters. The topological polar surface area (TPSA) is 68.7 Å². The molecule has 0 aliphatic heterocycles. The van der Waals surface area contributed by atoms with Crippen LogP contribution in [0.25, 0.3) is 23.1 Å². The molecule has 1 heterocycles. The van der Waals surface area contributed by atoms with Gasteiger partial charge in [0.15, 0.2) is 17.3 Å². The average Bonchev–Trinajstić information content (AvgIpc) is 2.79. The molecule has 0 amide bonds. The smallest absolute Gasteiger partial charge is 0.162 e. The minimum absolute atomic E-state index is 0.616. The molecule has 1 N–H and O–H groups in total. The van der Waals surface area contributed by atoms with Crippen LogP contribution in [0.2, 0.25) is 0 Å². The molecular weight excluding hydrogens is 392 g/mol. The third-order valence-corrected chi connectivity index (χ3v) is 4.83. The van der Waals surface area contributed by atoms with Crippen molar-refractivity contribution >= 4 is 28.9 Å². The van der Waals surface area contributed by atoms with E-state index >= 15 is 0 Å². The molecule has 7 nitrogen and oxygen atoms in total. The van der Waals surface area contributed by atoms with E-state index in [9.17, 15) is 0 Å². The van der Waals surface area contributed by atoms with E-state index in [1.54, 1.807) is 21.3 Å². The summed E-state index contributed by atoms with van der Waals surface area (Å²) < 4.78 is 16.1. The number of hydrogen-bond donors (Lipinski definition) is 1. The lowest BCUT2D eigenvalue weighted by Crippen LogP contribution is -2.17. The average molecular weight is 423 g/mol. The summed E-state index contributed by atoms with van der Waals surface area (Å²) in [6.45, 7) is 1.80. The van der Waals surface area contributed by atoms with Crippen molar-refractivity contribution in [2.24, 2.45) is 0 Å². The maximum absolute atomic E-state index is 5.47. The molecule has 0 aliphatic carbocycles. The van der Waals surface area contributed by atoms with Crippen molar-refractivity contribution in [1.82, 2.24) is 14.9 Å². The number of fused-ring (bicyclic) bond motifs is 1. The van der Waals surface area contributed by atoms with Crippen molar-refractivity contribution in [3.63, 3.8) is 0 Å². The standard InChI is InChI=1S/C24H30N4O3/c1-28(2)14-6-13-25-24-19-15-21(30-4)22(31-5)16-20(19)26-23(27-24)12-9-17-7-10-18(29-3)11-8-17/h7-12,15-16H,6,13-14H2,1-5H3,(H,25,26,27). The van der Waals surface area contributed by atoms with Crippen LogP contribution in [0.5, 0.6) is 17.2 Å². The number of nitrogens with zero attached hydrogens (tertiary/aromatic N) is 3. The van der Waals surface area contributed by atoms with Crippen molar-refractivity contribution in [2.75, 3.05) is 53.8 Å². The van der Waals surface area contributed by atoms with Gasteiger partial charge in [-0.3, -0.25) is 0 Å². The fourth-order valence-electron chi connectivity index (χ4n) is 3.17. The summed E-state index contributed by atoms with van der Waals surface area (Å²) in [4.78, 5) is 11.6. The Labute approximate surface area is 183 Å². The number of hydrogen-bond acceptors (Lipinski definition) is 7. The molecule has 1 aromatic heterocycles. The van der Waals surface area contributed by atoms with E-state index in [0.29, 0.717) is 17.3 Å². The molecule has 7 heteroatoms. The Kier molecular flexibility index (Phi) is 7.67. The van der Waals surface area contributed by atoms with Gasteiger partial charge in [0.05, 0.1) is 26.8 Å². The Bertz CT molecular complexity index is 1030. The van der Waals surface area contributed by atoms with Crippen LogP contribution >= 0.6 is 0 Å². The van der Waals surface area contributed by atoms with E-state index in [0.717, 1.165) is 47.5 Å². The predicted molar refractivity (Wildman–Crippen MR) is 126 cm³/mol. The van der Waals surface area contributed by atoms with Gasteiger partial charge in [-0.1, -0.05) is 18.2 Å². The van der Waals surface area contributed by atoms with Crippen LogP contribution in [0.15, 0.2) is 36.4 Å². The van der Waals surface area contributed by atoms with E-state index < -0.39 is 0 Å². The Morgan fingerprint density at radius 1 is 0.903 bits per heavy atom. The summed E-state index contributed by atoms with van der Waals surface area (Å²) in [6, 6.07) is 11.6. The molecule has 31 heavy (non-hydrogen) atoms. The van der Waals surface area contributed by atoms with Crippen LogP contribution in [0.4, 0.5) is 5.82 Å². The first kappa shape index (κ1) is 22.4. The number of rotatable bonds is 10. The van der Waals surface area contributed by atoms with Crippen LogP contribution in [-0.2, 0) is 0 Å². The number of anilines is 1. The van der Waals surface area contributed by atoms with Crippen molar-refractivity contribution in [2.45, 2.75) is 6.42 Å². The molecule has 0 saturated carbocycles. The lowest BCUT2D eigenvalue weighted by Gasteiger charge is -2.14. The fraction of sp³-hybridized carbons (Fsp3) is 0.333. The molecule has 3 aromatic rings. The molecule has 0 radical (unpaired) electrons. The normalized spacial score (nSPS) is 11.3. The van der Waals surface area contributed by atoms with Gasteiger partial charge in [-0.25, -0.2) is 9.97 Å². The number of ether oxygens (including phenoxy) is 3. The van der Waals surface area contributed by atoms with Crippen molar-refractivity contribution in [1.29, 1.82) is 0 Å². The highest BCUT2D eigenvalue weighted by Crippen LogP contribution is 2.34. The summed E-state index contributed by atoms with van der Waals surface area (Å²) in [5, 5.41) is 4.35. The second kappa shape index (κ2) is 10.6. The number of nitrogens with one attached hydrogen (secondary N) is 1. The van der Waals surface area contributed by atoms with Gasteiger partial charge in [-0.15, -0.1) is 0 Å². The molecule has 164 valence electrons. The Morgan fingerprint density at radius 3 is 2.26 bits per heavy atom. The summed E-state index contributed by atoms with van der Waals surface area (Å²) >= 11 is 0. The third kappa shape index (κ3) is 5.86. The van der Waals surface area contributed by atoms with Crippen LogP contribution < -0.4 is 19.5 Å². The molecule has 0 aliphatic rings. The first-order valence-electron chi connectivity index (χ1n) is 10.2. The first-order chi connectivity index (χ1) is 15.0. The molecule has 2 aromatic carbocycles. The summed E-state index contributed by atoms with van der Waals surface area (Å²) in [6.07, 6.45) is 4.89. The fourth-order valence-corrected chi connectivity index (χ4v) is 3.17. The number of methoxy groups -OCH3 is 3. The van der Waals surface area contributed by atoms with Crippen molar-refractivity contribution < 1.29 is 14.2 Å². The monoisotopic (exact) mass is 422 g/mol. The maximum atomic E-state index is 5.47. The summed E-state index contributed by atoms with van der Waals surface area (Å²) in [7, 11) is 9.04. The first-order valence-corrected chi connectivity index (χ1v) is 10.2. The van der Waals surface area contributed by atoms with E-state index in [1.807, 2.05) is 48.6 Å². The second-order valence-electron chi connectivity index (χ2n) is 7.34. The molecule has 0 atom stereocenters. The van der Waals surface area contributed by atoms with Gasteiger partial charge in [0.25, 0.3) is 0 Å². The largest absolute Gasteiger partial charge is 0.497 e. The van der Waals surface area contributed by atoms with Gasteiger partial charge in [-0.05, 0) is 56.9 Å². The van der Waals surface area contributed by atoms with E-state index in [-0.39, 0.29) is 0 Å². The Balaban J connectivity index is 1.95. The molecule has 0 spiro atoms. The van der Waals surface area contributed by atoms with Crippen molar-refractivity contribution in [3.05, 3.63) is 47.8 Å². The molecule has 0 bridgehead atoms. The molecule has 0 saturated heterocycles. The van der Waals surface area contributed by atoms with Gasteiger partial charge in [0.2, 0.25) is 0 Å². The number of aromatic nitrogens is 2. The van der Waals surface area contributed by atoms with Crippen molar-refractivity contribution in [3.8, 4) is 17.2 Å². The highest BCUT2D eigenvalue weighted by atomic mass is 16.5. The van der Waals surface area contributed by atoms with Gasteiger partial charge in [0.1, 0.15) is 11.6 Å². The summed E-state index contributed by atoms with van der Waals surface area (Å²) in [5.74, 6) is 3.50. The van der Waals surface area contributed by atoms with Gasteiger partial charge in [0, 0.05) is 18.0 Å². The highest BCUT2D eigenvalue weighted by molar-refractivity contribution is 5.92. The van der Waals surface area contributed by atoms with Crippen LogP contribution in [0.3, 0.4) is 0 Å². The van der Waals surface area contributed by atoms with E-state index in [2.05, 4.69) is 24.3 Å². The zero-order valence-corrected chi connectivity index (χ0v) is 18.8. The molecule has 3 rings (SSSR count). The molecular formula is C24H30N4O3. The zero-order valence-electron chi connectivity index (χ0n) is 18.8. The number of benzene rings is 2. The van der Waals surface area contributed by atoms with E-state index in [1.165, 1.54) is 0 Å². The summed E-state index contributed by atoms with van der Waals surface area (Å²) in [5.41, 5.74) is 1.83. The SMILES string of the molecule is COc1ccc(C=Cc2nc(NCCCN(C)C)c3cc(OC)c(OC)cc3n2)cc1.